The van der Waals surface area contributed by atoms with Crippen molar-refractivity contribution in [1.29, 1.82) is 0 Å². The molecule has 1 amide bonds. The quantitative estimate of drug-likeness (QED) is 0.616. The fourth-order valence-corrected chi connectivity index (χ4v) is 3.48. The summed E-state index contributed by atoms with van der Waals surface area (Å²) in [6.07, 6.45) is 2.62. The Morgan fingerprint density at radius 1 is 1.21 bits per heavy atom. The van der Waals surface area contributed by atoms with Crippen LogP contribution in [0.15, 0.2) is 28.8 Å². The van der Waals surface area contributed by atoms with Crippen LogP contribution in [0.1, 0.15) is 52.5 Å². The molecule has 1 saturated carbocycles. The van der Waals surface area contributed by atoms with Gasteiger partial charge in [0.05, 0.1) is 12.1 Å². The van der Waals surface area contributed by atoms with Crippen molar-refractivity contribution in [3.63, 3.8) is 0 Å². The lowest BCUT2D eigenvalue weighted by atomic mass is 10.1. The first-order chi connectivity index (χ1) is 13.4. The zero-order valence-corrected chi connectivity index (χ0v) is 17.2. The van der Waals surface area contributed by atoms with Crippen LogP contribution in [0.5, 0.6) is 0 Å². The number of benzene rings is 1. The number of amides is 1. The van der Waals surface area contributed by atoms with E-state index in [1.807, 2.05) is 4.90 Å². The molecule has 1 fully saturated rings. The largest absolute Gasteiger partial charge is 0.341 e. The first-order valence-electron chi connectivity index (χ1n) is 10.2. The van der Waals surface area contributed by atoms with Crippen LogP contribution in [-0.4, -0.2) is 35.1 Å². The normalized spacial score (nSPS) is 13.8. The molecule has 0 saturated heterocycles. The summed E-state index contributed by atoms with van der Waals surface area (Å²) in [5.41, 5.74) is 2.38. The van der Waals surface area contributed by atoms with Crippen molar-refractivity contribution in [2.45, 2.75) is 59.5 Å². The van der Waals surface area contributed by atoms with Gasteiger partial charge in [-0.2, -0.15) is 0 Å². The monoisotopic (exact) mass is 387 g/mol. The Bertz CT molecular complexity index is 793. The minimum absolute atomic E-state index is 0.175. The number of hydrogen-bond acceptors (Lipinski definition) is 4. The Balaban J connectivity index is 1.99. The molecule has 1 aromatic heterocycles. The highest BCUT2D eigenvalue weighted by atomic mass is 19.1. The molecule has 1 heterocycles. The first kappa shape index (κ1) is 20.4. The third-order valence-corrected chi connectivity index (χ3v) is 5.16. The summed E-state index contributed by atoms with van der Waals surface area (Å²) < 4.78 is 19.1. The number of nitrogens with zero attached hydrogens (tertiary/aromatic N) is 3. The zero-order valence-electron chi connectivity index (χ0n) is 17.2. The molecule has 152 valence electrons. The molecule has 1 aliphatic rings. The van der Waals surface area contributed by atoms with Crippen molar-refractivity contribution in [2.75, 3.05) is 18.0 Å². The predicted molar refractivity (Wildman–Crippen MR) is 108 cm³/mol. The molecule has 3 rings (SSSR count). The molecule has 5 nitrogen and oxygen atoms in total. The van der Waals surface area contributed by atoms with Gasteiger partial charge in [-0.1, -0.05) is 19.0 Å². The van der Waals surface area contributed by atoms with E-state index in [1.54, 1.807) is 12.1 Å². The van der Waals surface area contributed by atoms with Crippen LogP contribution in [0.25, 0.3) is 11.3 Å². The number of carbonyl (C=O) groups excluding carboxylic acids is 1. The van der Waals surface area contributed by atoms with Crippen molar-refractivity contribution in [2.24, 2.45) is 5.92 Å². The Kier molecular flexibility index (Phi) is 6.37. The van der Waals surface area contributed by atoms with E-state index < -0.39 is 0 Å². The number of rotatable bonds is 9. The van der Waals surface area contributed by atoms with Gasteiger partial charge in [-0.05, 0) is 56.9 Å². The second-order valence-electron chi connectivity index (χ2n) is 7.84. The van der Waals surface area contributed by atoms with Gasteiger partial charge < -0.3 is 14.3 Å². The molecule has 0 N–H and O–H groups in total. The molecule has 1 aliphatic carbocycles. The topological polar surface area (TPSA) is 49.6 Å². The maximum Gasteiger partial charge on any atom is 0.232 e. The van der Waals surface area contributed by atoms with Gasteiger partial charge in [-0.15, -0.1) is 0 Å². The van der Waals surface area contributed by atoms with Crippen molar-refractivity contribution in [3.8, 4) is 11.3 Å². The molecular formula is C22H30FN3O2. The minimum atomic E-state index is -0.288. The van der Waals surface area contributed by atoms with Crippen LogP contribution in [0.3, 0.4) is 0 Å². The maximum absolute atomic E-state index is 13.4. The summed E-state index contributed by atoms with van der Waals surface area (Å²) >= 11 is 0. The molecule has 0 aliphatic heterocycles. The van der Waals surface area contributed by atoms with E-state index in [2.05, 4.69) is 37.8 Å². The number of aromatic nitrogens is 1. The highest BCUT2D eigenvalue weighted by Gasteiger charge is 2.35. The molecule has 28 heavy (non-hydrogen) atoms. The third-order valence-electron chi connectivity index (χ3n) is 5.16. The van der Waals surface area contributed by atoms with E-state index in [-0.39, 0.29) is 11.7 Å². The molecule has 1 aromatic carbocycles. The van der Waals surface area contributed by atoms with Gasteiger partial charge >= 0.3 is 0 Å². The summed E-state index contributed by atoms with van der Waals surface area (Å²) in [6.45, 7) is 10.3. The van der Waals surface area contributed by atoms with Crippen molar-refractivity contribution in [3.05, 3.63) is 35.6 Å². The molecule has 6 heteroatoms. The Hall–Kier alpha value is -2.37. The van der Waals surface area contributed by atoms with Gasteiger partial charge in [-0.25, -0.2) is 4.39 Å². The standard InChI is InChI=1S/C22H30FN3O2/c1-5-25(6-2)22-19(14-26(18-11-12-18)20(27)13-15(3)4)21(24-28-22)16-7-9-17(23)10-8-16/h7-10,15,18H,5-6,11-14H2,1-4H3. The average Bonchev–Trinajstić information content (AvgIpc) is 3.42. The summed E-state index contributed by atoms with van der Waals surface area (Å²) in [4.78, 5) is 17.0. The second kappa shape index (κ2) is 8.76. The number of anilines is 1. The molecule has 0 radical (unpaired) electrons. The van der Waals surface area contributed by atoms with Crippen LogP contribution in [0.2, 0.25) is 0 Å². The van der Waals surface area contributed by atoms with E-state index in [0.717, 1.165) is 37.1 Å². The van der Waals surface area contributed by atoms with Gasteiger partial charge in [0, 0.05) is 31.1 Å². The maximum atomic E-state index is 13.4. The Morgan fingerprint density at radius 2 is 1.86 bits per heavy atom. The highest BCUT2D eigenvalue weighted by Crippen LogP contribution is 2.36. The van der Waals surface area contributed by atoms with Crippen LogP contribution >= 0.6 is 0 Å². The molecule has 0 bridgehead atoms. The fourth-order valence-electron chi connectivity index (χ4n) is 3.48. The molecule has 0 spiro atoms. The van der Waals surface area contributed by atoms with Crippen LogP contribution in [0, 0.1) is 11.7 Å². The summed E-state index contributed by atoms with van der Waals surface area (Å²) in [7, 11) is 0. The Labute approximate surface area is 166 Å². The Morgan fingerprint density at radius 3 is 2.39 bits per heavy atom. The minimum Gasteiger partial charge on any atom is -0.341 e. The van der Waals surface area contributed by atoms with Gasteiger partial charge in [0.25, 0.3) is 0 Å². The lowest BCUT2D eigenvalue weighted by Gasteiger charge is -2.25. The molecule has 0 unspecified atom stereocenters. The van der Waals surface area contributed by atoms with Crippen molar-refractivity contribution < 1.29 is 13.7 Å². The number of halogens is 1. The lowest BCUT2D eigenvalue weighted by molar-refractivity contribution is -0.133. The van der Waals surface area contributed by atoms with Gasteiger partial charge in [-0.3, -0.25) is 4.79 Å². The van der Waals surface area contributed by atoms with E-state index in [9.17, 15) is 9.18 Å². The number of carbonyl (C=O) groups is 1. The summed E-state index contributed by atoms with van der Waals surface area (Å²) in [6, 6.07) is 6.56. The second-order valence-corrected chi connectivity index (χ2v) is 7.84. The third kappa shape index (κ3) is 4.54. The molecular weight excluding hydrogens is 357 g/mol. The van der Waals surface area contributed by atoms with E-state index in [0.29, 0.717) is 36.5 Å². The van der Waals surface area contributed by atoms with E-state index in [4.69, 9.17) is 4.52 Å². The smallest absolute Gasteiger partial charge is 0.232 e. The van der Waals surface area contributed by atoms with Crippen LogP contribution < -0.4 is 4.90 Å². The van der Waals surface area contributed by atoms with Crippen molar-refractivity contribution >= 4 is 11.8 Å². The lowest BCUT2D eigenvalue weighted by Crippen LogP contribution is -2.34. The van der Waals surface area contributed by atoms with Gasteiger partial charge in [0.1, 0.15) is 11.5 Å². The average molecular weight is 387 g/mol. The number of hydrogen-bond donors (Lipinski definition) is 0. The fraction of sp³-hybridized carbons (Fsp3) is 0.545. The van der Waals surface area contributed by atoms with Crippen molar-refractivity contribution in [1.82, 2.24) is 10.1 Å². The SMILES string of the molecule is CCN(CC)c1onc(-c2ccc(F)cc2)c1CN(C(=O)CC(C)C)C1CC1. The van der Waals surface area contributed by atoms with Crippen LogP contribution in [-0.2, 0) is 11.3 Å². The van der Waals surface area contributed by atoms with Crippen LogP contribution in [0.4, 0.5) is 10.3 Å². The first-order valence-corrected chi connectivity index (χ1v) is 10.2. The van der Waals surface area contributed by atoms with E-state index in [1.165, 1.54) is 12.1 Å². The molecule has 0 atom stereocenters. The summed E-state index contributed by atoms with van der Waals surface area (Å²) in [5.74, 6) is 0.904. The predicted octanol–water partition coefficient (Wildman–Crippen LogP) is 4.86. The summed E-state index contributed by atoms with van der Waals surface area (Å²) in [5, 5.41) is 4.31. The zero-order chi connectivity index (χ0) is 20.3. The molecule has 2 aromatic rings. The van der Waals surface area contributed by atoms with E-state index >= 15 is 0 Å². The highest BCUT2D eigenvalue weighted by molar-refractivity contribution is 5.78. The van der Waals surface area contributed by atoms with Gasteiger partial charge in [0.2, 0.25) is 11.8 Å². The van der Waals surface area contributed by atoms with Gasteiger partial charge in [0.15, 0.2) is 0 Å².